The number of nitrogens with zero attached hydrogens (tertiary/aromatic N) is 1. The molecule has 10 heteroatoms. The number of carbonyl (C=O) groups is 1. The molecule has 2 N–H and O–H groups in total. The third-order valence-corrected chi connectivity index (χ3v) is 5.33. The number of benzene rings is 3. The van der Waals surface area contributed by atoms with Gasteiger partial charge in [0, 0.05) is 35.7 Å². The van der Waals surface area contributed by atoms with Gasteiger partial charge in [0.2, 0.25) is 5.75 Å². The number of carbonyl (C=O) groups excluding carboxylic acids is 1. The van der Waals surface area contributed by atoms with Gasteiger partial charge in [-0.25, -0.2) is 0 Å². The van der Waals surface area contributed by atoms with Crippen LogP contribution in [0.3, 0.4) is 0 Å². The maximum Gasteiger partial charge on any atom is 0.280 e. The number of rotatable bonds is 11. The number of hydrogen-bond acceptors (Lipinski definition) is 9. The number of anilines is 1. The van der Waals surface area contributed by atoms with E-state index in [2.05, 4.69) is 5.32 Å². The molecular weight excluding hydrogens is 480 g/mol. The lowest BCUT2D eigenvalue weighted by Crippen LogP contribution is -2.02. The van der Waals surface area contributed by atoms with Gasteiger partial charge in [0.05, 0.1) is 38.9 Å². The fraction of sp³-hybridized carbons (Fsp3) is 0.148. The number of nitro benzene ring substituents is 1. The molecule has 0 spiro atoms. The van der Waals surface area contributed by atoms with Crippen molar-refractivity contribution in [3.63, 3.8) is 0 Å². The van der Waals surface area contributed by atoms with E-state index in [9.17, 15) is 20.0 Å². The Morgan fingerprint density at radius 3 is 2.16 bits per heavy atom. The molecule has 0 aliphatic carbocycles. The Morgan fingerprint density at radius 1 is 0.919 bits per heavy atom. The Labute approximate surface area is 213 Å². The van der Waals surface area contributed by atoms with E-state index in [1.165, 1.54) is 65.0 Å². The molecule has 3 rings (SSSR count). The molecule has 0 saturated heterocycles. The second-order valence-electron chi connectivity index (χ2n) is 7.52. The normalized spacial score (nSPS) is 10.9. The van der Waals surface area contributed by atoms with Crippen molar-refractivity contribution in [2.24, 2.45) is 0 Å². The average molecular weight is 507 g/mol. The summed E-state index contributed by atoms with van der Waals surface area (Å²) >= 11 is 0. The zero-order chi connectivity index (χ0) is 26.9. The molecule has 3 aromatic carbocycles. The van der Waals surface area contributed by atoms with E-state index in [1.54, 1.807) is 36.4 Å². The van der Waals surface area contributed by atoms with Crippen LogP contribution in [0.5, 0.6) is 28.7 Å². The van der Waals surface area contributed by atoms with Crippen LogP contribution in [-0.4, -0.2) is 44.3 Å². The molecule has 192 valence electrons. The molecule has 10 nitrogen and oxygen atoms in total. The number of ketones is 1. The standard InChI is InChI=1S/C27H26N2O8/c1-34-24-16-20(28-12-11-22(30)19-7-5-6-8-21(19)29(32)33)18(15-23(24)31)10-9-17-13-25(35-2)27(37-4)26(14-17)36-3/h5-16,28,31H,1-4H3/b10-9-,12-11-. The lowest BCUT2D eigenvalue weighted by atomic mass is 10.1. The first-order chi connectivity index (χ1) is 17.8. The Hall–Kier alpha value is -4.99. The van der Waals surface area contributed by atoms with Gasteiger partial charge in [-0.2, -0.15) is 0 Å². The molecule has 0 fully saturated rings. The van der Waals surface area contributed by atoms with Crippen molar-refractivity contribution >= 4 is 29.3 Å². The van der Waals surface area contributed by atoms with E-state index in [-0.39, 0.29) is 22.7 Å². The van der Waals surface area contributed by atoms with Crippen LogP contribution in [-0.2, 0) is 0 Å². The third-order valence-electron chi connectivity index (χ3n) is 5.33. The maximum absolute atomic E-state index is 12.6. The van der Waals surface area contributed by atoms with Gasteiger partial charge >= 0.3 is 0 Å². The van der Waals surface area contributed by atoms with Crippen LogP contribution in [0.25, 0.3) is 12.2 Å². The molecule has 0 amide bonds. The molecule has 0 atom stereocenters. The minimum atomic E-state index is -0.606. The van der Waals surface area contributed by atoms with Crippen LogP contribution in [0.1, 0.15) is 21.5 Å². The highest BCUT2D eigenvalue weighted by atomic mass is 16.6. The summed E-state index contributed by atoms with van der Waals surface area (Å²) in [6, 6.07) is 12.3. The van der Waals surface area contributed by atoms with Gasteiger partial charge in [-0.1, -0.05) is 24.3 Å². The fourth-order valence-corrected chi connectivity index (χ4v) is 3.53. The van der Waals surface area contributed by atoms with Gasteiger partial charge in [-0.15, -0.1) is 0 Å². The molecule has 3 aromatic rings. The van der Waals surface area contributed by atoms with E-state index in [4.69, 9.17) is 18.9 Å². The highest BCUT2D eigenvalue weighted by Gasteiger charge is 2.17. The molecule has 0 saturated carbocycles. The van der Waals surface area contributed by atoms with Gasteiger partial charge in [-0.05, 0) is 29.8 Å². The minimum Gasteiger partial charge on any atom is -0.504 e. The van der Waals surface area contributed by atoms with Crippen molar-refractivity contribution in [3.05, 3.63) is 87.6 Å². The largest absolute Gasteiger partial charge is 0.504 e. The number of nitro groups is 1. The molecule has 0 aromatic heterocycles. The first-order valence-electron chi connectivity index (χ1n) is 10.9. The molecule has 0 aliphatic rings. The van der Waals surface area contributed by atoms with Crippen molar-refractivity contribution in [2.45, 2.75) is 0 Å². The van der Waals surface area contributed by atoms with Crippen LogP contribution in [0.4, 0.5) is 11.4 Å². The summed E-state index contributed by atoms with van der Waals surface area (Å²) in [5.41, 5.74) is 1.49. The van der Waals surface area contributed by atoms with E-state index in [1.807, 2.05) is 0 Å². The van der Waals surface area contributed by atoms with Crippen LogP contribution in [0.2, 0.25) is 0 Å². The summed E-state index contributed by atoms with van der Waals surface area (Å²) < 4.78 is 21.3. The molecule has 0 bridgehead atoms. The summed E-state index contributed by atoms with van der Waals surface area (Å²) in [6.45, 7) is 0. The molecular formula is C27H26N2O8. The van der Waals surface area contributed by atoms with Gasteiger partial charge in [-0.3, -0.25) is 14.9 Å². The third kappa shape index (κ3) is 6.17. The average Bonchev–Trinajstić information content (AvgIpc) is 2.91. The molecule has 0 aliphatic heterocycles. The number of nitrogens with one attached hydrogen (secondary N) is 1. The van der Waals surface area contributed by atoms with Crippen LogP contribution < -0.4 is 24.3 Å². The number of ether oxygens (including phenoxy) is 4. The zero-order valence-electron chi connectivity index (χ0n) is 20.7. The van der Waals surface area contributed by atoms with E-state index in [0.717, 1.165) is 5.56 Å². The molecule has 0 heterocycles. The molecule has 0 radical (unpaired) electrons. The van der Waals surface area contributed by atoms with Crippen molar-refractivity contribution in [3.8, 4) is 28.7 Å². The summed E-state index contributed by atoms with van der Waals surface area (Å²) in [7, 11) is 5.97. The second-order valence-corrected chi connectivity index (χ2v) is 7.52. The summed E-state index contributed by atoms with van der Waals surface area (Å²) in [4.78, 5) is 23.2. The summed E-state index contributed by atoms with van der Waals surface area (Å²) in [5, 5.41) is 24.5. The van der Waals surface area contributed by atoms with Gasteiger partial charge in [0.15, 0.2) is 28.8 Å². The van der Waals surface area contributed by atoms with E-state index in [0.29, 0.717) is 28.5 Å². The lowest BCUT2D eigenvalue weighted by Gasteiger charge is -2.13. The number of allylic oxidation sites excluding steroid dienone is 1. The molecule has 37 heavy (non-hydrogen) atoms. The fourth-order valence-electron chi connectivity index (χ4n) is 3.53. The van der Waals surface area contributed by atoms with Gasteiger partial charge in [0.1, 0.15) is 0 Å². The van der Waals surface area contributed by atoms with Crippen molar-refractivity contribution in [2.75, 3.05) is 33.8 Å². The molecule has 0 unspecified atom stereocenters. The van der Waals surface area contributed by atoms with Crippen molar-refractivity contribution in [1.82, 2.24) is 0 Å². The van der Waals surface area contributed by atoms with E-state index < -0.39 is 10.7 Å². The summed E-state index contributed by atoms with van der Waals surface area (Å²) in [5.74, 6) is 1.01. The lowest BCUT2D eigenvalue weighted by molar-refractivity contribution is -0.385. The number of para-hydroxylation sites is 1. The zero-order valence-corrected chi connectivity index (χ0v) is 20.7. The monoisotopic (exact) mass is 506 g/mol. The van der Waals surface area contributed by atoms with Gasteiger partial charge < -0.3 is 29.4 Å². The quantitative estimate of drug-likeness (QED) is 0.0887. The number of phenolic OH excluding ortho intramolecular Hbond substituents is 1. The number of methoxy groups -OCH3 is 4. The number of phenols is 1. The maximum atomic E-state index is 12.6. The topological polar surface area (TPSA) is 129 Å². The van der Waals surface area contributed by atoms with E-state index >= 15 is 0 Å². The Balaban J connectivity index is 1.92. The number of aromatic hydroxyl groups is 1. The van der Waals surface area contributed by atoms with Crippen LogP contribution >= 0.6 is 0 Å². The Morgan fingerprint density at radius 2 is 1.57 bits per heavy atom. The summed E-state index contributed by atoms with van der Waals surface area (Å²) in [6.07, 6.45) is 6.06. The SMILES string of the molecule is COc1cc(N/C=C\C(=O)c2ccccc2[N+](=O)[O-])c(/C=C\c2cc(OC)c(OC)c(OC)c2)cc1O. The van der Waals surface area contributed by atoms with Crippen LogP contribution in [0, 0.1) is 10.1 Å². The van der Waals surface area contributed by atoms with Crippen LogP contribution in [0.15, 0.2) is 60.8 Å². The second kappa shape index (κ2) is 12.1. The van der Waals surface area contributed by atoms with Gasteiger partial charge in [0.25, 0.3) is 5.69 Å². The predicted octanol–water partition coefficient (Wildman–Crippen LogP) is 5.31. The van der Waals surface area contributed by atoms with Crippen molar-refractivity contribution < 1.29 is 33.8 Å². The highest BCUT2D eigenvalue weighted by molar-refractivity contribution is 6.07. The number of hydrogen-bond donors (Lipinski definition) is 2. The predicted molar refractivity (Wildman–Crippen MR) is 140 cm³/mol. The minimum absolute atomic E-state index is 0.0312. The Bertz CT molecular complexity index is 1340. The first kappa shape index (κ1) is 26.6. The Kier molecular flexibility index (Phi) is 8.71. The first-order valence-corrected chi connectivity index (χ1v) is 10.9. The smallest absolute Gasteiger partial charge is 0.280 e. The highest BCUT2D eigenvalue weighted by Crippen LogP contribution is 2.39. The van der Waals surface area contributed by atoms with Crippen molar-refractivity contribution in [1.29, 1.82) is 0 Å².